The maximum Gasteiger partial charge on any atom is 0.224 e. The van der Waals surface area contributed by atoms with E-state index in [-0.39, 0.29) is 11.9 Å². The number of rotatable bonds is 4. The van der Waals surface area contributed by atoms with Crippen LogP contribution in [0.2, 0.25) is 0 Å². The molecule has 2 N–H and O–H groups in total. The Kier molecular flexibility index (Phi) is 4.71. The van der Waals surface area contributed by atoms with E-state index in [1.807, 2.05) is 24.5 Å². The molecule has 1 saturated heterocycles. The van der Waals surface area contributed by atoms with Crippen LogP contribution in [0.25, 0.3) is 22.2 Å². The van der Waals surface area contributed by atoms with E-state index >= 15 is 0 Å². The van der Waals surface area contributed by atoms with E-state index in [4.69, 9.17) is 4.74 Å². The zero-order valence-corrected chi connectivity index (χ0v) is 14.9. The lowest BCUT2D eigenvalue weighted by Gasteiger charge is -2.23. The molecule has 1 fully saturated rings. The second-order valence-corrected chi connectivity index (χ2v) is 6.88. The van der Waals surface area contributed by atoms with Crippen molar-refractivity contribution in [2.75, 3.05) is 13.2 Å². The number of carbonyl (C=O) groups is 1. The molecule has 1 amide bonds. The normalized spacial score (nSPS) is 15.3. The number of ether oxygens (including phenoxy) is 1. The Morgan fingerprint density at radius 1 is 1.31 bits per heavy atom. The molecule has 0 unspecified atom stereocenters. The molecule has 0 atom stereocenters. The summed E-state index contributed by atoms with van der Waals surface area (Å²) in [5.74, 6) is 0.0547. The minimum absolute atomic E-state index is 0.0547. The Labute approximate surface area is 152 Å². The molecular weight excluding hydrogens is 326 g/mol. The summed E-state index contributed by atoms with van der Waals surface area (Å²) in [5.41, 5.74) is 5.24. The first kappa shape index (κ1) is 16.8. The van der Waals surface area contributed by atoms with Crippen LogP contribution in [-0.2, 0) is 16.0 Å². The number of fused-ring (bicyclic) bond motifs is 1. The Morgan fingerprint density at radius 2 is 2.12 bits per heavy atom. The number of aromatic nitrogens is 2. The first-order valence-corrected chi connectivity index (χ1v) is 9.10. The van der Waals surface area contributed by atoms with E-state index in [1.165, 1.54) is 11.1 Å². The van der Waals surface area contributed by atoms with Gasteiger partial charge in [0.25, 0.3) is 0 Å². The average molecular weight is 349 g/mol. The first-order valence-electron chi connectivity index (χ1n) is 9.10. The predicted octanol–water partition coefficient (Wildman–Crippen LogP) is 3.38. The van der Waals surface area contributed by atoms with Crippen molar-refractivity contribution in [1.29, 1.82) is 0 Å². The Balaban J connectivity index is 1.56. The molecular formula is C21H23N3O2. The lowest BCUT2D eigenvalue weighted by atomic mass is 10.0. The van der Waals surface area contributed by atoms with Crippen LogP contribution in [0.1, 0.15) is 24.0 Å². The summed E-state index contributed by atoms with van der Waals surface area (Å²) in [6.45, 7) is 3.54. The number of carbonyl (C=O) groups excluding carboxylic acids is 1. The van der Waals surface area contributed by atoms with Gasteiger partial charge in [0.05, 0.1) is 6.42 Å². The Hall–Kier alpha value is -2.66. The zero-order valence-electron chi connectivity index (χ0n) is 14.9. The molecule has 3 heterocycles. The molecule has 0 saturated carbocycles. The molecule has 1 aliphatic rings. The van der Waals surface area contributed by atoms with Crippen molar-refractivity contribution < 1.29 is 9.53 Å². The molecule has 26 heavy (non-hydrogen) atoms. The van der Waals surface area contributed by atoms with Gasteiger partial charge in [0, 0.05) is 42.6 Å². The summed E-state index contributed by atoms with van der Waals surface area (Å²) in [7, 11) is 0. The number of pyridine rings is 1. The van der Waals surface area contributed by atoms with E-state index in [0.717, 1.165) is 48.2 Å². The Morgan fingerprint density at radius 3 is 2.92 bits per heavy atom. The van der Waals surface area contributed by atoms with E-state index in [9.17, 15) is 4.79 Å². The number of H-pyrrole nitrogens is 1. The summed E-state index contributed by atoms with van der Waals surface area (Å²) in [4.78, 5) is 20.2. The standard InChI is InChI=1S/C21H23N3O2/c1-14-4-2-3-5-18(14)15-10-19-16(13-23-21(19)22-12-15)11-20(25)24-17-6-8-26-9-7-17/h2-5,10,12-13,17H,6-9,11H2,1H3,(H,22,23)(H,24,25). The summed E-state index contributed by atoms with van der Waals surface area (Å²) < 4.78 is 5.35. The smallest absolute Gasteiger partial charge is 0.224 e. The Bertz CT molecular complexity index is 926. The monoisotopic (exact) mass is 349 g/mol. The van der Waals surface area contributed by atoms with Gasteiger partial charge in [-0.1, -0.05) is 24.3 Å². The number of nitrogens with zero attached hydrogens (tertiary/aromatic N) is 1. The van der Waals surface area contributed by atoms with Crippen molar-refractivity contribution in [2.45, 2.75) is 32.2 Å². The molecule has 0 aliphatic carbocycles. The van der Waals surface area contributed by atoms with Gasteiger partial charge in [0.1, 0.15) is 5.65 Å². The highest BCUT2D eigenvalue weighted by molar-refractivity contribution is 5.89. The summed E-state index contributed by atoms with van der Waals surface area (Å²) in [6, 6.07) is 10.6. The number of aromatic amines is 1. The van der Waals surface area contributed by atoms with Crippen LogP contribution >= 0.6 is 0 Å². The van der Waals surface area contributed by atoms with E-state index < -0.39 is 0 Å². The maximum absolute atomic E-state index is 12.4. The average Bonchev–Trinajstić information content (AvgIpc) is 3.05. The fraction of sp³-hybridized carbons (Fsp3) is 0.333. The number of benzene rings is 1. The van der Waals surface area contributed by atoms with E-state index in [0.29, 0.717) is 6.42 Å². The van der Waals surface area contributed by atoms with Gasteiger partial charge in [-0.25, -0.2) is 4.98 Å². The van der Waals surface area contributed by atoms with Crippen LogP contribution in [0.3, 0.4) is 0 Å². The molecule has 5 nitrogen and oxygen atoms in total. The third-order valence-corrected chi connectivity index (χ3v) is 5.01. The minimum Gasteiger partial charge on any atom is -0.381 e. The highest BCUT2D eigenvalue weighted by Crippen LogP contribution is 2.27. The molecule has 1 aliphatic heterocycles. The topological polar surface area (TPSA) is 67.0 Å². The summed E-state index contributed by atoms with van der Waals surface area (Å²) in [6.07, 6.45) is 5.91. The van der Waals surface area contributed by atoms with Gasteiger partial charge in [0.15, 0.2) is 0 Å². The molecule has 2 aromatic heterocycles. The van der Waals surface area contributed by atoms with Gasteiger partial charge in [-0.15, -0.1) is 0 Å². The zero-order chi connectivity index (χ0) is 17.9. The minimum atomic E-state index is 0.0547. The lowest BCUT2D eigenvalue weighted by molar-refractivity contribution is -0.121. The molecule has 4 rings (SSSR count). The fourth-order valence-electron chi connectivity index (χ4n) is 3.54. The van der Waals surface area contributed by atoms with Crippen LogP contribution in [0, 0.1) is 6.92 Å². The van der Waals surface area contributed by atoms with Gasteiger partial charge in [-0.05, 0) is 42.5 Å². The number of amides is 1. The van der Waals surface area contributed by atoms with Crippen LogP contribution in [0.5, 0.6) is 0 Å². The van der Waals surface area contributed by atoms with Crippen LogP contribution in [0.15, 0.2) is 42.7 Å². The van der Waals surface area contributed by atoms with Crippen molar-refractivity contribution in [2.24, 2.45) is 0 Å². The van der Waals surface area contributed by atoms with Gasteiger partial charge < -0.3 is 15.0 Å². The molecule has 0 radical (unpaired) electrons. The van der Waals surface area contributed by atoms with Crippen molar-refractivity contribution in [3.05, 3.63) is 53.9 Å². The van der Waals surface area contributed by atoms with Gasteiger partial charge in [-0.2, -0.15) is 0 Å². The highest BCUT2D eigenvalue weighted by Gasteiger charge is 2.17. The van der Waals surface area contributed by atoms with E-state index in [1.54, 1.807) is 0 Å². The van der Waals surface area contributed by atoms with Crippen LogP contribution < -0.4 is 5.32 Å². The molecule has 3 aromatic rings. The largest absolute Gasteiger partial charge is 0.381 e. The maximum atomic E-state index is 12.4. The van der Waals surface area contributed by atoms with Crippen molar-refractivity contribution in [3.63, 3.8) is 0 Å². The number of nitrogens with one attached hydrogen (secondary N) is 2. The van der Waals surface area contributed by atoms with Crippen LogP contribution in [-0.4, -0.2) is 35.1 Å². The van der Waals surface area contributed by atoms with Gasteiger partial charge in [0.2, 0.25) is 5.91 Å². The molecule has 0 spiro atoms. The molecule has 0 bridgehead atoms. The predicted molar refractivity (Wildman–Crippen MR) is 102 cm³/mol. The summed E-state index contributed by atoms with van der Waals surface area (Å²) in [5, 5.41) is 4.13. The third-order valence-electron chi connectivity index (χ3n) is 5.01. The second-order valence-electron chi connectivity index (χ2n) is 6.88. The molecule has 1 aromatic carbocycles. The summed E-state index contributed by atoms with van der Waals surface area (Å²) >= 11 is 0. The molecule has 5 heteroatoms. The van der Waals surface area contributed by atoms with Gasteiger partial charge in [-0.3, -0.25) is 4.79 Å². The highest BCUT2D eigenvalue weighted by atomic mass is 16.5. The lowest BCUT2D eigenvalue weighted by Crippen LogP contribution is -2.39. The van der Waals surface area contributed by atoms with Crippen molar-refractivity contribution in [1.82, 2.24) is 15.3 Å². The van der Waals surface area contributed by atoms with E-state index in [2.05, 4.69) is 40.4 Å². The molecule has 134 valence electrons. The third kappa shape index (κ3) is 3.48. The van der Waals surface area contributed by atoms with Crippen molar-refractivity contribution >= 4 is 16.9 Å². The number of hydrogen-bond donors (Lipinski definition) is 2. The number of aryl methyl sites for hydroxylation is 1. The number of hydrogen-bond acceptors (Lipinski definition) is 3. The van der Waals surface area contributed by atoms with Crippen molar-refractivity contribution in [3.8, 4) is 11.1 Å². The quantitative estimate of drug-likeness (QED) is 0.759. The van der Waals surface area contributed by atoms with Crippen LogP contribution in [0.4, 0.5) is 0 Å². The SMILES string of the molecule is Cc1ccccc1-c1cnc2[nH]cc(CC(=O)NC3CCOCC3)c2c1. The fourth-order valence-corrected chi connectivity index (χ4v) is 3.54. The second kappa shape index (κ2) is 7.30. The first-order chi connectivity index (χ1) is 12.7. The van der Waals surface area contributed by atoms with Gasteiger partial charge >= 0.3 is 0 Å².